The van der Waals surface area contributed by atoms with Crippen LogP contribution >= 0.6 is 0 Å². The summed E-state index contributed by atoms with van der Waals surface area (Å²) < 4.78 is 0. The first kappa shape index (κ1) is 12.0. The van der Waals surface area contributed by atoms with E-state index in [0.717, 1.165) is 18.8 Å². The molecule has 1 aliphatic carbocycles. The SMILES string of the molecule is CCC1CCCC(C(O)C(C)(C)O)C1. The molecule has 0 aromatic carbocycles. The third-order valence-electron chi connectivity index (χ3n) is 3.57. The molecule has 1 rings (SSSR count). The molecule has 0 aromatic heterocycles. The van der Waals surface area contributed by atoms with Crippen LogP contribution in [0.3, 0.4) is 0 Å². The average Bonchev–Trinajstić information content (AvgIpc) is 2.15. The lowest BCUT2D eigenvalue weighted by atomic mass is 9.74. The van der Waals surface area contributed by atoms with Crippen LogP contribution in [0, 0.1) is 11.8 Å². The molecule has 0 aliphatic heterocycles. The number of aliphatic hydroxyl groups is 2. The van der Waals surface area contributed by atoms with Crippen LogP contribution in [0.5, 0.6) is 0 Å². The van der Waals surface area contributed by atoms with Gasteiger partial charge < -0.3 is 10.2 Å². The largest absolute Gasteiger partial charge is 0.390 e. The van der Waals surface area contributed by atoms with Gasteiger partial charge in [-0.3, -0.25) is 0 Å². The van der Waals surface area contributed by atoms with Crippen molar-refractivity contribution in [3.63, 3.8) is 0 Å². The number of hydrogen-bond donors (Lipinski definition) is 2. The maximum Gasteiger partial charge on any atom is 0.0852 e. The van der Waals surface area contributed by atoms with E-state index in [1.807, 2.05) is 0 Å². The Bertz CT molecular complexity index is 172. The van der Waals surface area contributed by atoms with Crippen LogP contribution in [0.4, 0.5) is 0 Å². The van der Waals surface area contributed by atoms with Crippen LogP contribution in [0.15, 0.2) is 0 Å². The van der Waals surface area contributed by atoms with Gasteiger partial charge in [0, 0.05) is 0 Å². The lowest BCUT2D eigenvalue weighted by Gasteiger charge is -2.36. The highest BCUT2D eigenvalue weighted by molar-refractivity contribution is 4.86. The molecule has 2 heteroatoms. The number of rotatable bonds is 3. The molecule has 84 valence electrons. The molecule has 2 nitrogen and oxygen atoms in total. The molecule has 1 aliphatic rings. The molecule has 3 unspecified atom stereocenters. The molecule has 1 saturated carbocycles. The smallest absolute Gasteiger partial charge is 0.0852 e. The zero-order valence-corrected chi connectivity index (χ0v) is 9.66. The molecular weight excluding hydrogens is 176 g/mol. The average molecular weight is 200 g/mol. The van der Waals surface area contributed by atoms with Gasteiger partial charge in [-0.1, -0.05) is 26.2 Å². The molecular formula is C12H24O2. The topological polar surface area (TPSA) is 40.5 Å². The summed E-state index contributed by atoms with van der Waals surface area (Å²) in [6.07, 6.45) is 5.30. The van der Waals surface area contributed by atoms with E-state index < -0.39 is 11.7 Å². The van der Waals surface area contributed by atoms with Crippen molar-refractivity contribution in [2.45, 2.75) is 64.6 Å². The second-order valence-corrected chi connectivity index (χ2v) is 5.30. The fourth-order valence-electron chi connectivity index (χ4n) is 2.57. The van der Waals surface area contributed by atoms with Crippen molar-refractivity contribution in [1.82, 2.24) is 0 Å². The van der Waals surface area contributed by atoms with Crippen molar-refractivity contribution in [1.29, 1.82) is 0 Å². The minimum atomic E-state index is -0.944. The van der Waals surface area contributed by atoms with Crippen LogP contribution in [0.1, 0.15) is 52.9 Å². The van der Waals surface area contributed by atoms with Crippen LogP contribution in [0.2, 0.25) is 0 Å². The molecule has 0 amide bonds. The maximum absolute atomic E-state index is 9.97. The van der Waals surface area contributed by atoms with Crippen LogP contribution in [-0.4, -0.2) is 21.9 Å². The molecule has 0 saturated heterocycles. The summed E-state index contributed by atoms with van der Waals surface area (Å²) in [6, 6.07) is 0. The fourth-order valence-corrected chi connectivity index (χ4v) is 2.57. The minimum Gasteiger partial charge on any atom is -0.390 e. The summed E-state index contributed by atoms with van der Waals surface area (Å²) in [5.74, 6) is 1.06. The van der Waals surface area contributed by atoms with Gasteiger partial charge in [0.25, 0.3) is 0 Å². The van der Waals surface area contributed by atoms with Gasteiger partial charge in [0.15, 0.2) is 0 Å². The zero-order chi connectivity index (χ0) is 10.8. The Balaban J connectivity index is 2.51. The van der Waals surface area contributed by atoms with Crippen molar-refractivity contribution >= 4 is 0 Å². The molecule has 2 N–H and O–H groups in total. The lowest BCUT2D eigenvalue weighted by Crippen LogP contribution is -2.43. The van der Waals surface area contributed by atoms with E-state index in [1.54, 1.807) is 13.8 Å². The molecule has 0 heterocycles. The monoisotopic (exact) mass is 200 g/mol. The predicted molar refractivity (Wildman–Crippen MR) is 58.0 cm³/mol. The fraction of sp³-hybridized carbons (Fsp3) is 1.00. The summed E-state index contributed by atoms with van der Waals surface area (Å²) in [7, 11) is 0. The first-order valence-corrected chi connectivity index (χ1v) is 5.85. The Labute approximate surface area is 87.3 Å². The molecule has 0 spiro atoms. The van der Waals surface area contributed by atoms with Crippen molar-refractivity contribution in [2.24, 2.45) is 11.8 Å². The molecule has 1 fully saturated rings. The van der Waals surface area contributed by atoms with Gasteiger partial charge in [-0.2, -0.15) is 0 Å². The van der Waals surface area contributed by atoms with Gasteiger partial charge in [-0.05, 0) is 38.5 Å². The van der Waals surface area contributed by atoms with E-state index in [1.165, 1.54) is 19.3 Å². The van der Waals surface area contributed by atoms with Crippen LogP contribution in [0.25, 0.3) is 0 Å². The van der Waals surface area contributed by atoms with Gasteiger partial charge in [-0.25, -0.2) is 0 Å². The van der Waals surface area contributed by atoms with E-state index in [0.29, 0.717) is 5.92 Å². The Morgan fingerprint density at radius 2 is 2.00 bits per heavy atom. The standard InChI is InChI=1S/C12H24O2/c1-4-9-6-5-7-10(8-9)11(13)12(2,3)14/h9-11,13-14H,4-8H2,1-3H3. The molecule has 0 bridgehead atoms. The van der Waals surface area contributed by atoms with Crippen molar-refractivity contribution in [3.8, 4) is 0 Å². The summed E-state index contributed by atoms with van der Waals surface area (Å²) in [4.78, 5) is 0. The van der Waals surface area contributed by atoms with Gasteiger partial charge in [-0.15, -0.1) is 0 Å². The number of aliphatic hydroxyl groups excluding tert-OH is 1. The number of hydrogen-bond acceptors (Lipinski definition) is 2. The van der Waals surface area contributed by atoms with Crippen molar-refractivity contribution in [2.75, 3.05) is 0 Å². The normalized spacial score (nSPS) is 31.5. The van der Waals surface area contributed by atoms with E-state index in [2.05, 4.69) is 6.92 Å². The van der Waals surface area contributed by atoms with Gasteiger partial charge in [0.1, 0.15) is 0 Å². The Kier molecular flexibility index (Phi) is 3.96. The zero-order valence-electron chi connectivity index (χ0n) is 9.66. The molecule has 3 atom stereocenters. The molecule has 14 heavy (non-hydrogen) atoms. The Morgan fingerprint density at radius 1 is 1.36 bits per heavy atom. The summed E-state index contributed by atoms with van der Waals surface area (Å²) in [5.41, 5.74) is -0.944. The van der Waals surface area contributed by atoms with E-state index >= 15 is 0 Å². The van der Waals surface area contributed by atoms with Crippen LogP contribution in [-0.2, 0) is 0 Å². The highest BCUT2D eigenvalue weighted by Crippen LogP contribution is 2.35. The minimum absolute atomic E-state index is 0.300. The highest BCUT2D eigenvalue weighted by atomic mass is 16.3. The van der Waals surface area contributed by atoms with E-state index in [9.17, 15) is 10.2 Å². The highest BCUT2D eigenvalue weighted by Gasteiger charge is 2.34. The maximum atomic E-state index is 9.97. The Morgan fingerprint density at radius 3 is 2.50 bits per heavy atom. The quantitative estimate of drug-likeness (QED) is 0.734. The van der Waals surface area contributed by atoms with Gasteiger partial charge in [0.2, 0.25) is 0 Å². The predicted octanol–water partition coefficient (Wildman–Crippen LogP) is 2.33. The molecule has 0 radical (unpaired) electrons. The van der Waals surface area contributed by atoms with E-state index in [-0.39, 0.29) is 0 Å². The summed E-state index contributed by atoms with van der Waals surface area (Å²) in [6.45, 7) is 5.62. The lowest BCUT2D eigenvalue weighted by molar-refractivity contribution is -0.0874. The second kappa shape index (κ2) is 4.63. The second-order valence-electron chi connectivity index (χ2n) is 5.30. The van der Waals surface area contributed by atoms with Crippen molar-refractivity contribution < 1.29 is 10.2 Å². The first-order valence-electron chi connectivity index (χ1n) is 5.85. The third-order valence-corrected chi connectivity index (χ3v) is 3.57. The summed E-state index contributed by atoms with van der Waals surface area (Å²) >= 11 is 0. The molecule has 0 aromatic rings. The van der Waals surface area contributed by atoms with Gasteiger partial charge in [0.05, 0.1) is 11.7 Å². The first-order chi connectivity index (χ1) is 6.45. The third kappa shape index (κ3) is 2.96. The van der Waals surface area contributed by atoms with E-state index in [4.69, 9.17) is 0 Å². The Hall–Kier alpha value is -0.0800. The summed E-state index contributed by atoms with van der Waals surface area (Å²) in [5, 5.41) is 19.7. The van der Waals surface area contributed by atoms with Gasteiger partial charge >= 0.3 is 0 Å². The van der Waals surface area contributed by atoms with Crippen LogP contribution < -0.4 is 0 Å². The van der Waals surface area contributed by atoms with Crippen molar-refractivity contribution in [3.05, 3.63) is 0 Å².